The molecule has 1 aromatic heterocycles. The van der Waals surface area contributed by atoms with E-state index >= 15 is 0 Å². The topological polar surface area (TPSA) is 63.8 Å². The zero-order valence-electron chi connectivity index (χ0n) is 15.8. The fourth-order valence-electron chi connectivity index (χ4n) is 2.71. The Morgan fingerprint density at radius 3 is 2.69 bits per heavy atom. The molecule has 1 aromatic carbocycles. The molecular formula is C19H25ClN2O3S. The lowest BCUT2D eigenvalue weighted by atomic mass is 10.1. The van der Waals surface area contributed by atoms with Crippen LogP contribution >= 0.6 is 22.9 Å². The van der Waals surface area contributed by atoms with Gasteiger partial charge < -0.3 is 14.4 Å². The fourth-order valence-corrected chi connectivity index (χ4v) is 4.04. The highest BCUT2D eigenvalue weighted by Gasteiger charge is 2.24. The maximum Gasteiger partial charge on any atom is 0.283 e. The number of methoxy groups -OCH3 is 1. The first-order valence-corrected chi connectivity index (χ1v) is 9.74. The third-order valence-electron chi connectivity index (χ3n) is 4.04. The molecular weight excluding hydrogens is 372 g/mol. The first kappa shape index (κ1) is 20.7. The minimum Gasteiger partial charge on any atom is -0.496 e. The molecule has 1 amide bonds. The molecule has 0 saturated heterocycles. The Hall–Kier alpha value is -1.63. The first-order valence-electron chi connectivity index (χ1n) is 8.54. The van der Waals surface area contributed by atoms with Crippen LogP contribution in [0.4, 0.5) is 0 Å². The Morgan fingerprint density at radius 1 is 1.42 bits per heavy atom. The Kier molecular flexibility index (Phi) is 6.66. The highest BCUT2D eigenvalue weighted by Crippen LogP contribution is 2.27. The smallest absolute Gasteiger partial charge is 0.283 e. The molecule has 0 unspecified atom stereocenters. The second kappa shape index (κ2) is 8.37. The summed E-state index contributed by atoms with van der Waals surface area (Å²) in [4.78, 5) is 18.5. The van der Waals surface area contributed by atoms with Crippen molar-refractivity contribution in [1.82, 2.24) is 4.57 Å². The number of benzene rings is 1. The Bertz CT molecular complexity index is 863. The summed E-state index contributed by atoms with van der Waals surface area (Å²) >= 11 is 7.36. The van der Waals surface area contributed by atoms with Gasteiger partial charge in [0.05, 0.1) is 23.2 Å². The number of hydrogen-bond donors (Lipinski definition) is 1. The summed E-state index contributed by atoms with van der Waals surface area (Å²) in [5, 5.41) is 10.9. The van der Waals surface area contributed by atoms with Gasteiger partial charge in [-0.2, -0.15) is 4.99 Å². The van der Waals surface area contributed by atoms with Gasteiger partial charge in [0.2, 0.25) is 0 Å². The summed E-state index contributed by atoms with van der Waals surface area (Å²) in [5.74, 6) is 0.0115. The van der Waals surface area contributed by atoms with E-state index in [0.29, 0.717) is 21.1 Å². The Morgan fingerprint density at radius 2 is 2.12 bits per heavy atom. The van der Waals surface area contributed by atoms with Crippen LogP contribution in [0.3, 0.4) is 0 Å². The maximum atomic E-state index is 12.8. The molecule has 0 bridgehead atoms. The second-order valence-corrected chi connectivity index (χ2v) is 8.04. The number of rotatable bonds is 6. The molecule has 1 heterocycles. The van der Waals surface area contributed by atoms with Crippen molar-refractivity contribution in [2.24, 2.45) is 4.99 Å². The van der Waals surface area contributed by atoms with Crippen LogP contribution in [-0.4, -0.2) is 22.7 Å². The number of halogens is 1. The normalized spacial score (nSPS) is 12.5. The van der Waals surface area contributed by atoms with Crippen LogP contribution in [0.2, 0.25) is 5.02 Å². The number of aliphatic hydroxyl groups is 1. The van der Waals surface area contributed by atoms with Crippen molar-refractivity contribution < 1.29 is 14.6 Å². The summed E-state index contributed by atoms with van der Waals surface area (Å²) in [5.41, 5.74) is 0.256. The quantitative estimate of drug-likeness (QED) is 0.792. The summed E-state index contributed by atoms with van der Waals surface area (Å²) < 4.78 is 7.25. The van der Waals surface area contributed by atoms with Crippen molar-refractivity contribution in [3.05, 3.63) is 44.2 Å². The predicted molar refractivity (Wildman–Crippen MR) is 105 cm³/mol. The highest BCUT2D eigenvalue weighted by atomic mass is 35.5. The van der Waals surface area contributed by atoms with Crippen molar-refractivity contribution in [2.75, 3.05) is 7.11 Å². The highest BCUT2D eigenvalue weighted by molar-refractivity contribution is 7.09. The van der Waals surface area contributed by atoms with Crippen molar-refractivity contribution in [3.63, 3.8) is 0 Å². The molecule has 0 spiro atoms. The molecule has 0 aliphatic heterocycles. The van der Waals surface area contributed by atoms with Gasteiger partial charge in [-0.3, -0.25) is 4.79 Å². The first-order chi connectivity index (χ1) is 12.2. The third kappa shape index (κ3) is 4.55. The Balaban J connectivity index is 2.59. The number of aromatic nitrogens is 1. The molecule has 2 aromatic rings. The minimum absolute atomic E-state index is 0.318. The molecule has 0 fully saturated rings. The van der Waals surface area contributed by atoms with Crippen molar-refractivity contribution in [3.8, 4) is 5.75 Å². The van der Waals surface area contributed by atoms with Gasteiger partial charge >= 0.3 is 0 Å². The number of thiazole rings is 1. The van der Waals surface area contributed by atoms with Gasteiger partial charge in [-0.25, -0.2) is 0 Å². The van der Waals surface area contributed by atoms with Crippen molar-refractivity contribution in [1.29, 1.82) is 0 Å². The zero-order valence-corrected chi connectivity index (χ0v) is 17.4. The van der Waals surface area contributed by atoms with Gasteiger partial charge in [0, 0.05) is 17.3 Å². The van der Waals surface area contributed by atoms with Crippen LogP contribution in [0.5, 0.6) is 5.75 Å². The molecule has 0 atom stereocenters. The molecule has 142 valence electrons. The van der Waals surface area contributed by atoms with Crippen LogP contribution < -0.4 is 9.54 Å². The maximum absolute atomic E-state index is 12.8. The molecule has 7 heteroatoms. The largest absolute Gasteiger partial charge is 0.496 e. The van der Waals surface area contributed by atoms with Crippen LogP contribution in [-0.2, 0) is 12.1 Å². The molecule has 0 aliphatic carbocycles. The van der Waals surface area contributed by atoms with Gasteiger partial charge in [0.25, 0.3) is 5.91 Å². The van der Waals surface area contributed by atoms with Crippen LogP contribution in [0.1, 0.15) is 54.5 Å². The van der Waals surface area contributed by atoms with E-state index in [1.54, 1.807) is 32.0 Å². The number of hydrogen-bond acceptors (Lipinski definition) is 4. The minimum atomic E-state index is -0.993. The van der Waals surface area contributed by atoms with E-state index in [1.807, 2.05) is 11.5 Å². The van der Waals surface area contributed by atoms with Gasteiger partial charge in [0.1, 0.15) is 5.75 Å². The lowest BCUT2D eigenvalue weighted by Crippen LogP contribution is -2.19. The number of carbonyl (C=O) groups excluding carboxylic acids is 1. The number of nitrogens with zero attached hydrogens (tertiary/aromatic N) is 2. The van der Waals surface area contributed by atoms with Gasteiger partial charge in [-0.05, 0) is 45.4 Å². The lowest BCUT2D eigenvalue weighted by Gasteiger charge is -2.16. The molecule has 2 rings (SSSR count). The second-order valence-electron chi connectivity index (χ2n) is 6.62. The molecule has 5 nitrogen and oxygen atoms in total. The van der Waals surface area contributed by atoms with Crippen LogP contribution in [0.15, 0.2) is 23.2 Å². The number of unbranched alkanes of at least 4 members (excludes halogenated alkanes) is 1. The predicted octanol–water partition coefficient (Wildman–Crippen LogP) is 4.29. The number of amides is 1. The SMILES string of the molecule is CCCCn1c(C)c(C(C)(C)O)s/c1=N\C(=O)c1cc(Cl)ccc1OC. The molecule has 0 saturated carbocycles. The summed E-state index contributed by atoms with van der Waals surface area (Å²) in [6.07, 6.45) is 1.99. The van der Waals surface area contributed by atoms with E-state index in [1.165, 1.54) is 18.4 Å². The van der Waals surface area contributed by atoms with Gasteiger partial charge in [-0.15, -0.1) is 0 Å². The van der Waals surface area contributed by atoms with E-state index in [9.17, 15) is 9.90 Å². The third-order valence-corrected chi connectivity index (χ3v) is 5.77. The van der Waals surface area contributed by atoms with E-state index < -0.39 is 11.5 Å². The Labute approximate surface area is 162 Å². The van der Waals surface area contributed by atoms with Gasteiger partial charge in [-0.1, -0.05) is 36.3 Å². The number of ether oxygens (including phenoxy) is 1. The summed E-state index contributed by atoms with van der Waals surface area (Å²) in [6, 6.07) is 4.87. The standard InChI is InChI=1S/C19H25ClN2O3S/c1-6-7-10-22-12(2)16(19(3,4)24)26-18(22)21-17(23)14-11-13(20)8-9-15(14)25-5/h8-9,11,24H,6-7,10H2,1-5H3/b21-18-. The van der Waals surface area contributed by atoms with E-state index in [4.69, 9.17) is 16.3 Å². The fraction of sp³-hybridized carbons (Fsp3) is 0.474. The average molecular weight is 397 g/mol. The van der Waals surface area contributed by atoms with Crippen LogP contribution in [0.25, 0.3) is 0 Å². The number of carbonyl (C=O) groups is 1. The molecule has 1 N–H and O–H groups in total. The van der Waals surface area contributed by atoms with E-state index in [0.717, 1.165) is 30.0 Å². The van der Waals surface area contributed by atoms with Crippen molar-refractivity contribution in [2.45, 2.75) is 52.7 Å². The van der Waals surface area contributed by atoms with Crippen molar-refractivity contribution >= 4 is 28.8 Å². The monoisotopic (exact) mass is 396 g/mol. The zero-order chi connectivity index (χ0) is 19.5. The van der Waals surface area contributed by atoms with E-state index in [-0.39, 0.29) is 0 Å². The average Bonchev–Trinajstić information content (AvgIpc) is 2.88. The summed E-state index contributed by atoms with van der Waals surface area (Å²) in [7, 11) is 1.50. The van der Waals surface area contributed by atoms with E-state index in [2.05, 4.69) is 11.9 Å². The molecule has 0 aliphatic rings. The molecule has 0 radical (unpaired) electrons. The van der Waals surface area contributed by atoms with Gasteiger partial charge in [0.15, 0.2) is 4.80 Å². The molecule has 26 heavy (non-hydrogen) atoms. The lowest BCUT2D eigenvalue weighted by molar-refractivity contribution is 0.0813. The van der Waals surface area contributed by atoms with Crippen LogP contribution in [0, 0.1) is 6.92 Å². The summed E-state index contributed by atoms with van der Waals surface area (Å²) in [6.45, 7) is 8.28.